The van der Waals surface area contributed by atoms with Crippen molar-refractivity contribution in [2.45, 2.75) is 18.1 Å². The predicted molar refractivity (Wildman–Crippen MR) is 74.6 cm³/mol. The van der Waals surface area contributed by atoms with Gasteiger partial charge in [0.2, 0.25) is 0 Å². The summed E-state index contributed by atoms with van der Waals surface area (Å²) in [6.45, 7) is 0.760. The number of sulfone groups is 1. The fourth-order valence-electron chi connectivity index (χ4n) is 2.77. The highest BCUT2D eigenvalue weighted by Crippen LogP contribution is 2.63. The molecule has 7 heteroatoms. The number of hydrogen-bond donors (Lipinski definition) is 2. The number of carboxylic acid groups (broad SMARTS) is 1. The van der Waals surface area contributed by atoms with E-state index in [4.69, 9.17) is 11.6 Å². The summed E-state index contributed by atoms with van der Waals surface area (Å²) in [5.41, 5.74) is -1.09. The molecule has 0 aromatic heterocycles. The minimum absolute atomic E-state index is 0.156. The number of halogens is 1. The lowest BCUT2D eigenvalue weighted by Crippen LogP contribution is -2.28. The van der Waals surface area contributed by atoms with Crippen LogP contribution in [0.5, 0.6) is 0 Å². The zero-order valence-electron chi connectivity index (χ0n) is 10.8. The number of hydrogen-bond acceptors (Lipinski definition) is 4. The molecule has 1 fully saturated rings. The van der Waals surface area contributed by atoms with Gasteiger partial charge in [0, 0.05) is 16.7 Å². The number of carboxylic acids is 1. The summed E-state index contributed by atoms with van der Waals surface area (Å²) in [7, 11) is -3.57. The van der Waals surface area contributed by atoms with Crippen molar-refractivity contribution in [2.75, 3.05) is 12.4 Å². The van der Waals surface area contributed by atoms with Crippen LogP contribution in [-0.2, 0) is 14.6 Å². The first-order chi connectivity index (χ1) is 9.31. The maximum atomic E-state index is 12.1. The normalized spacial score (nSPS) is 29.1. The monoisotopic (exact) mass is 318 g/mol. The van der Waals surface area contributed by atoms with Crippen LogP contribution in [-0.4, -0.2) is 42.2 Å². The molecule has 2 rings (SSSR count). The Morgan fingerprint density at radius 2 is 1.90 bits per heavy atom. The average Bonchev–Trinajstić information content (AvgIpc) is 3.11. The first-order valence-corrected chi connectivity index (χ1v) is 8.22. The van der Waals surface area contributed by atoms with E-state index in [1.165, 1.54) is 6.92 Å². The first-order valence-electron chi connectivity index (χ1n) is 6.12. The minimum atomic E-state index is -3.57. The molecule has 3 atom stereocenters. The van der Waals surface area contributed by atoms with Crippen molar-refractivity contribution < 1.29 is 23.4 Å². The molecule has 1 aromatic rings. The summed E-state index contributed by atoms with van der Waals surface area (Å²) in [5, 5.41) is 18.2. The number of aliphatic hydroxyl groups excluding tert-OH is 1. The van der Waals surface area contributed by atoms with E-state index < -0.39 is 39.0 Å². The Hall–Kier alpha value is -1.11. The molecule has 0 heterocycles. The van der Waals surface area contributed by atoms with Crippen molar-refractivity contribution in [3.05, 3.63) is 34.9 Å². The number of benzene rings is 1. The van der Waals surface area contributed by atoms with E-state index in [1.807, 2.05) is 0 Å². The third-order valence-corrected chi connectivity index (χ3v) is 6.46. The maximum absolute atomic E-state index is 12.1. The van der Waals surface area contributed by atoms with Gasteiger partial charge in [-0.05, 0) is 17.7 Å². The van der Waals surface area contributed by atoms with Crippen molar-refractivity contribution in [1.29, 1.82) is 0 Å². The lowest BCUT2D eigenvalue weighted by Gasteiger charge is -2.08. The molecule has 0 bridgehead atoms. The summed E-state index contributed by atoms with van der Waals surface area (Å²) in [6, 6.07) is 6.36. The average molecular weight is 319 g/mol. The van der Waals surface area contributed by atoms with Crippen LogP contribution in [0, 0.1) is 5.41 Å². The van der Waals surface area contributed by atoms with E-state index >= 15 is 0 Å². The van der Waals surface area contributed by atoms with Crippen LogP contribution >= 0.6 is 11.6 Å². The third kappa shape index (κ3) is 2.12. The van der Waals surface area contributed by atoms with Crippen molar-refractivity contribution in [1.82, 2.24) is 0 Å². The van der Waals surface area contributed by atoms with Gasteiger partial charge in [0.05, 0.1) is 11.9 Å². The summed E-state index contributed by atoms with van der Waals surface area (Å²) in [6.07, 6.45) is 0. The van der Waals surface area contributed by atoms with Gasteiger partial charge in [-0.25, -0.2) is 8.42 Å². The highest BCUT2D eigenvalue weighted by Gasteiger charge is 2.75. The lowest BCUT2D eigenvalue weighted by molar-refractivity contribution is -0.145. The zero-order chi connectivity index (χ0) is 15.1. The van der Waals surface area contributed by atoms with Gasteiger partial charge in [-0.3, -0.25) is 4.79 Å². The van der Waals surface area contributed by atoms with Gasteiger partial charge >= 0.3 is 5.97 Å². The Kier molecular flexibility index (Phi) is 3.83. The van der Waals surface area contributed by atoms with E-state index in [2.05, 4.69) is 0 Å². The molecule has 0 aliphatic heterocycles. The summed E-state index contributed by atoms with van der Waals surface area (Å²) in [5.74, 6) is -2.19. The largest absolute Gasteiger partial charge is 0.481 e. The first kappa shape index (κ1) is 15.3. The summed E-state index contributed by atoms with van der Waals surface area (Å²) >= 11 is 5.77. The molecular weight excluding hydrogens is 304 g/mol. The Balaban J connectivity index is 2.50. The molecule has 2 N–H and O–H groups in total. The van der Waals surface area contributed by atoms with Gasteiger partial charge in [0.25, 0.3) is 0 Å². The molecular formula is C13H15ClO5S. The van der Waals surface area contributed by atoms with E-state index in [0.29, 0.717) is 10.6 Å². The van der Waals surface area contributed by atoms with Crippen LogP contribution in [0.2, 0.25) is 5.02 Å². The second kappa shape index (κ2) is 5.02. The van der Waals surface area contributed by atoms with E-state index in [1.54, 1.807) is 24.3 Å². The van der Waals surface area contributed by atoms with Crippen LogP contribution in [0.15, 0.2) is 24.3 Å². The smallest absolute Gasteiger partial charge is 0.314 e. The molecule has 0 unspecified atom stereocenters. The third-order valence-electron chi connectivity index (χ3n) is 3.93. The molecule has 0 amide bonds. The highest BCUT2D eigenvalue weighted by atomic mass is 35.5. The molecule has 0 radical (unpaired) electrons. The number of aliphatic carboxylic acids is 1. The maximum Gasteiger partial charge on any atom is 0.314 e. The van der Waals surface area contributed by atoms with Crippen molar-refractivity contribution in [2.24, 2.45) is 5.41 Å². The van der Waals surface area contributed by atoms with Crippen molar-refractivity contribution in [3.8, 4) is 0 Å². The fraction of sp³-hybridized carbons (Fsp3) is 0.462. The summed E-state index contributed by atoms with van der Waals surface area (Å²) < 4.78 is 24.2. The van der Waals surface area contributed by atoms with Crippen LogP contribution in [0.1, 0.15) is 18.4 Å². The molecule has 110 valence electrons. The standard InChI is InChI=1S/C13H15ClO5S/c1-2-20(18,19)11-10(13(11,7-15)12(16)17)8-3-5-9(14)6-4-8/h3-6,10-11,15H,2,7H2,1H3,(H,16,17)/t10-,11+,13+/m0/s1. The van der Waals surface area contributed by atoms with Gasteiger partial charge in [-0.15, -0.1) is 0 Å². The Morgan fingerprint density at radius 1 is 1.35 bits per heavy atom. The Labute approximate surface area is 122 Å². The second-order valence-corrected chi connectivity index (χ2v) is 7.75. The number of carbonyl (C=O) groups is 1. The lowest BCUT2D eigenvalue weighted by atomic mass is 10.0. The Morgan fingerprint density at radius 3 is 2.30 bits per heavy atom. The van der Waals surface area contributed by atoms with E-state index in [0.717, 1.165) is 0 Å². The van der Waals surface area contributed by atoms with E-state index in [-0.39, 0.29) is 5.75 Å². The predicted octanol–water partition coefficient (Wildman–Crippen LogP) is 1.30. The quantitative estimate of drug-likeness (QED) is 0.854. The fourth-order valence-corrected chi connectivity index (χ4v) is 4.95. The molecule has 1 aliphatic carbocycles. The minimum Gasteiger partial charge on any atom is -0.481 e. The number of aliphatic hydroxyl groups is 1. The molecule has 1 aromatic carbocycles. The van der Waals surface area contributed by atoms with Crippen LogP contribution in [0.25, 0.3) is 0 Å². The van der Waals surface area contributed by atoms with Gasteiger partial charge < -0.3 is 10.2 Å². The second-order valence-electron chi connectivity index (χ2n) is 4.90. The zero-order valence-corrected chi connectivity index (χ0v) is 12.4. The van der Waals surface area contributed by atoms with Gasteiger partial charge in [-0.2, -0.15) is 0 Å². The van der Waals surface area contributed by atoms with E-state index in [9.17, 15) is 23.4 Å². The molecule has 5 nitrogen and oxygen atoms in total. The van der Waals surface area contributed by atoms with Gasteiger partial charge in [0.15, 0.2) is 9.84 Å². The van der Waals surface area contributed by atoms with Crippen LogP contribution in [0.3, 0.4) is 0 Å². The molecule has 1 aliphatic rings. The topological polar surface area (TPSA) is 91.7 Å². The number of rotatable bonds is 5. The molecule has 0 spiro atoms. The Bertz CT molecular complexity index is 625. The van der Waals surface area contributed by atoms with Crippen LogP contribution in [0.4, 0.5) is 0 Å². The van der Waals surface area contributed by atoms with Crippen LogP contribution < -0.4 is 0 Å². The van der Waals surface area contributed by atoms with Crippen molar-refractivity contribution >= 4 is 27.4 Å². The highest BCUT2D eigenvalue weighted by molar-refractivity contribution is 7.92. The SMILES string of the molecule is CCS(=O)(=O)[C@@H]1[C@H](c2ccc(Cl)cc2)[C@@]1(CO)C(=O)O. The van der Waals surface area contributed by atoms with Gasteiger partial charge in [0.1, 0.15) is 5.41 Å². The molecule has 20 heavy (non-hydrogen) atoms. The van der Waals surface area contributed by atoms with Crippen molar-refractivity contribution in [3.63, 3.8) is 0 Å². The molecule has 1 saturated carbocycles. The van der Waals surface area contributed by atoms with Gasteiger partial charge in [-0.1, -0.05) is 30.7 Å². The molecule has 0 saturated heterocycles. The summed E-state index contributed by atoms with van der Waals surface area (Å²) in [4.78, 5) is 11.5.